The monoisotopic (exact) mass is 292 g/mol. The second-order valence-electron chi connectivity index (χ2n) is 7.45. The van der Waals surface area contributed by atoms with Gasteiger partial charge in [-0.15, -0.1) is 0 Å². The third kappa shape index (κ3) is 2.69. The number of rotatable bonds is 5. The third-order valence-electron chi connectivity index (χ3n) is 6.04. The van der Waals surface area contributed by atoms with E-state index in [1.165, 1.54) is 19.3 Å². The van der Waals surface area contributed by atoms with Gasteiger partial charge in [-0.2, -0.15) is 0 Å². The second kappa shape index (κ2) is 5.62. The molecule has 0 aliphatic heterocycles. The van der Waals surface area contributed by atoms with Crippen LogP contribution < -0.4 is 5.32 Å². The number of hydrogen-bond donors (Lipinski definition) is 1. The summed E-state index contributed by atoms with van der Waals surface area (Å²) < 4.78 is 0. The SMILES string of the molecule is CCN(CC)C(=O)CNC(=O)C12CC3CC(CC(C3)C1)C2. The fourth-order valence-electron chi connectivity index (χ4n) is 5.42. The molecule has 0 unspecified atom stereocenters. The molecule has 0 atom stereocenters. The smallest absolute Gasteiger partial charge is 0.241 e. The summed E-state index contributed by atoms with van der Waals surface area (Å²) in [5.41, 5.74) is -0.141. The zero-order valence-electron chi connectivity index (χ0n) is 13.4. The maximum absolute atomic E-state index is 12.7. The largest absolute Gasteiger partial charge is 0.347 e. The molecule has 0 aromatic rings. The van der Waals surface area contributed by atoms with Gasteiger partial charge < -0.3 is 10.2 Å². The van der Waals surface area contributed by atoms with Crippen molar-refractivity contribution in [3.8, 4) is 0 Å². The Morgan fingerprint density at radius 2 is 1.48 bits per heavy atom. The van der Waals surface area contributed by atoms with E-state index in [9.17, 15) is 9.59 Å². The van der Waals surface area contributed by atoms with Gasteiger partial charge in [0.2, 0.25) is 11.8 Å². The van der Waals surface area contributed by atoms with Crippen LogP contribution in [0.25, 0.3) is 0 Å². The molecule has 4 saturated carbocycles. The van der Waals surface area contributed by atoms with Crippen LogP contribution in [-0.4, -0.2) is 36.3 Å². The molecule has 4 heteroatoms. The van der Waals surface area contributed by atoms with Gasteiger partial charge in [0.25, 0.3) is 0 Å². The summed E-state index contributed by atoms with van der Waals surface area (Å²) >= 11 is 0. The van der Waals surface area contributed by atoms with Gasteiger partial charge in [0.05, 0.1) is 6.54 Å². The Morgan fingerprint density at radius 3 is 1.90 bits per heavy atom. The van der Waals surface area contributed by atoms with Crippen molar-refractivity contribution in [2.45, 2.75) is 52.4 Å². The van der Waals surface area contributed by atoms with Crippen molar-refractivity contribution in [1.82, 2.24) is 10.2 Å². The zero-order valence-corrected chi connectivity index (χ0v) is 13.4. The van der Waals surface area contributed by atoms with Crippen LogP contribution in [0.3, 0.4) is 0 Å². The van der Waals surface area contributed by atoms with E-state index in [-0.39, 0.29) is 23.8 Å². The lowest BCUT2D eigenvalue weighted by molar-refractivity contribution is -0.148. The van der Waals surface area contributed by atoms with E-state index < -0.39 is 0 Å². The Balaban J connectivity index is 1.59. The van der Waals surface area contributed by atoms with Crippen LogP contribution in [0.4, 0.5) is 0 Å². The first kappa shape index (κ1) is 14.9. The van der Waals surface area contributed by atoms with Crippen molar-refractivity contribution >= 4 is 11.8 Å². The highest BCUT2D eigenvalue weighted by molar-refractivity contribution is 5.88. The molecule has 4 nitrogen and oxygen atoms in total. The molecule has 0 aromatic heterocycles. The predicted molar refractivity (Wildman–Crippen MR) is 81.5 cm³/mol. The van der Waals surface area contributed by atoms with E-state index in [1.807, 2.05) is 13.8 Å². The summed E-state index contributed by atoms with van der Waals surface area (Å²) in [5, 5.41) is 2.96. The molecule has 21 heavy (non-hydrogen) atoms. The van der Waals surface area contributed by atoms with Gasteiger partial charge in [0.1, 0.15) is 0 Å². The fraction of sp³-hybridized carbons (Fsp3) is 0.882. The van der Waals surface area contributed by atoms with Gasteiger partial charge in [-0.05, 0) is 70.1 Å². The number of amides is 2. The molecule has 118 valence electrons. The Hall–Kier alpha value is -1.06. The van der Waals surface area contributed by atoms with Gasteiger partial charge in [-0.1, -0.05) is 0 Å². The highest BCUT2D eigenvalue weighted by Crippen LogP contribution is 2.60. The minimum absolute atomic E-state index is 0.0399. The first-order valence-electron chi connectivity index (χ1n) is 8.62. The van der Waals surface area contributed by atoms with Crippen LogP contribution in [0.2, 0.25) is 0 Å². The molecule has 0 heterocycles. The van der Waals surface area contributed by atoms with Gasteiger partial charge in [0, 0.05) is 18.5 Å². The molecule has 0 saturated heterocycles. The molecular formula is C17H28N2O2. The zero-order chi connectivity index (χ0) is 15.0. The predicted octanol–water partition coefficient (Wildman–Crippen LogP) is 2.19. The van der Waals surface area contributed by atoms with Crippen molar-refractivity contribution in [2.24, 2.45) is 23.2 Å². The molecule has 4 aliphatic rings. The van der Waals surface area contributed by atoms with Crippen molar-refractivity contribution < 1.29 is 9.59 Å². The van der Waals surface area contributed by atoms with Gasteiger partial charge in [0.15, 0.2) is 0 Å². The topological polar surface area (TPSA) is 49.4 Å². The summed E-state index contributed by atoms with van der Waals surface area (Å²) in [7, 11) is 0. The Labute approximate surface area is 127 Å². The van der Waals surface area contributed by atoms with Gasteiger partial charge >= 0.3 is 0 Å². The summed E-state index contributed by atoms with van der Waals surface area (Å²) in [4.78, 5) is 26.5. The molecule has 4 rings (SSSR count). The third-order valence-corrected chi connectivity index (χ3v) is 6.04. The minimum atomic E-state index is -0.141. The average Bonchev–Trinajstić information content (AvgIpc) is 2.44. The second-order valence-corrected chi connectivity index (χ2v) is 7.45. The summed E-state index contributed by atoms with van der Waals surface area (Å²) in [6.45, 7) is 5.54. The number of carbonyl (C=O) groups excluding carboxylic acids is 2. The Bertz CT molecular complexity index is 393. The van der Waals surface area contributed by atoms with Crippen LogP contribution in [0.5, 0.6) is 0 Å². The van der Waals surface area contributed by atoms with Crippen LogP contribution in [0.1, 0.15) is 52.4 Å². The molecule has 4 fully saturated rings. The first-order chi connectivity index (χ1) is 10.1. The highest BCUT2D eigenvalue weighted by atomic mass is 16.2. The lowest BCUT2D eigenvalue weighted by atomic mass is 9.49. The first-order valence-corrected chi connectivity index (χ1v) is 8.62. The number of likely N-dealkylation sites (N-methyl/N-ethyl adjacent to an activating group) is 1. The average molecular weight is 292 g/mol. The van der Waals surface area contributed by atoms with Crippen LogP contribution >= 0.6 is 0 Å². The number of carbonyl (C=O) groups is 2. The summed E-state index contributed by atoms with van der Waals surface area (Å²) in [5.74, 6) is 2.49. The number of nitrogens with zero attached hydrogens (tertiary/aromatic N) is 1. The summed E-state index contributed by atoms with van der Waals surface area (Å²) in [6.07, 6.45) is 7.19. The van der Waals surface area contributed by atoms with Crippen molar-refractivity contribution in [2.75, 3.05) is 19.6 Å². The van der Waals surface area contributed by atoms with Crippen LogP contribution in [0, 0.1) is 23.2 Å². The van der Waals surface area contributed by atoms with Gasteiger partial charge in [-0.25, -0.2) is 0 Å². The molecule has 0 spiro atoms. The molecule has 4 aliphatic carbocycles. The fourth-order valence-corrected chi connectivity index (χ4v) is 5.42. The standard InChI is InChI=1S/C17H28N2O2/c1-3-19(4-2)15(20)11-18-16(21)17-8-12-5-13(9-17)7-14(6-12)10-17/h12-14H,3-11H2,1-2H3,(H,18,21). The van der Waals surface area contributed by atoms with Crippen molar-refractivity contribution in [3.63, 3.8) is 0 Å². The van der Waals surface area contributed by atoms with Crippen LogP contribution in [-0.2, 0) is 9.59 Å². The van der Waals surface area contributed by atoms with E-state index in [4.69, 9.17) is 0 Å². The van der Waals surface area contributed by atoms with Gasteiger partial charge in [-0.3, -0.25) is 9.59 Å². The minimum Gasteiger partial charge on any atom is -0.347 e. The van der Waals surface area contributed by atoms with E-state index in [0.717, 1.165) is 37.0 Å². The molecule has 2 amide bonds. The summed E-state index contributed by atoms with van der Waals surface area (Å²) in [6, 6.07) is 0. The molecule has 4 bridgehead atoms. The molecule has 0 aromatic carbocycles. The van der Waals surface area contributed by atoms with E-state index in [2.05, 4.69) is 5.32 Å². The Morgan fingerprint density at radius 1 is 1.00 bits per heavy atom. The number of hydrogen-bond acceptors (Lipinski definition) is 2. The Kier molecular flexibility index (Phi) is 3.98. The van der Waals surface area contributed by atoms with Crippen molar-refractivity contribution in [1.29, 1.82) is 0 Å². The molecular weight excluding hydrogens is 264 g/mol. The molecule has 0 radical (unpaired) electrons. The maximum Gasteiger partial charge on any atom is 0.241 e. The van der Waals surface area contributed by atoms with E-state index in [0.29, 0.717) is 13.1 Å². The van der Waals surface area contributed by atoms with E-state index >= 15 is 0 Å². The quantitative estimate of drug-likeness (QED) is 0.844. The molecule has 1 N–H and O–H groups in total. The number of nitrogens with one attached hydrogen (secondary N) is 1. The van der Waals surface area contributed by atoms with E-state index in [1.54, 1.807) is 4.90 Å². The van der Waals surface area contributed by atoms with Crippen LogP contribution in [0.15, 0.2) is 0 Å². The van der Waals surface area contributed by atoms with Crippen molar-refractivity contribution in [3.05, 3.63) is 0 Å². The lowest BCUT2D eigenvalue weighted by Crippen LogP contribution is -2.54. The highest BCUT2D eigenvalue weighted by Gasteiger charge is 2.54. The maximum atomic E-state index is 12.7. The lowest BCUT2D eigenvalue weighted by Gasteiger charge is -2.55. The normalized spacial score (nSPS) is 36.6.